The van der Waals surface area contributed by atoms with Crippen molar-refractivity contribution in [2.45, 2.75) is 38.3 Å². The molecule has 0 unspecified atom stereocenters. The van der Waals surface area contributed by atoms with Crippen LogP contribution in [0.1, 0.15) is 31.6 Å². The maximum atomic E-state index is 5.20. The van der Waals surface area contributed by atoms with Crippen molar-refractivity contribution in [3.8, 4) is 0 Å². The molecular weight excluding hydrogens is 232 g/mol. The molecule has 3 nitrogen and oxygen atoms in total. The molecule has 1 N–H and O–H groups in total. The minimum Gasteiger partial charge on any atom is -0.446 e. The summed E-state index contributed by atoms with van der Waals surface area (Å²) >= 11 is 3.25. The maximum absolute atomic E-state index is 5.20. The molecule has 0 saturated heterocycles. The first-order valence-corrected chi connectivity index (χ1v) is 5.47. The van der Waals surface area contributed by atoms with Crippen LogP contribution in [0.15, 0.2) is 15.3 Å². The highest BCUT2D eigenvalue weighted by atomic mass is 79.9. The van der Waals surface area contributed by atoms with E-state index < -0.39 is 0 Å². The minimum atomic E-state index is 0.672. The highest BCUT2D eigenvalue weighted by Gasteiger charge is 2.14. The van der Waals surface area contributed by atoms with Gasteiger partial charge in [0.2, 0.25) is 5.89 Å². The molecule has 0 aliphatic heterocycles. The van der Waals surface area contributed by atoms with E-state index in [9.17, 15) is 0 Å². The Morgan fingerprint density at radius 3 is 2.92 bits per heavy atom. The predicted molar refractivity (Wildman–Crippen MR) is 53.3 cm³/mol. The highest BCUT2D eigenvalue weighted by molar-refractivity contribution is 9.10. The number of hydrogen-bond donors (Lipinski definition) is 1. The van der Waals surface area contributed by atoms with Crippen LogP contribution in [0.5, 0.6) is 0 Å². The van der Waals surface area contributed by atoms with E-state index in [2.05, 4.69) is 26.2 Å². The molecule has 0 spiro atoms. The van der Waals surface area contributed by atoms with Crippen LogP contribution in [0.3, 0.4) is 0 Å². The normalized spacial score (nSPS) is 18.2. The molecule has 0 radical (unpaired) electrons. The van der Waals surface area contributed by atoms with Gasteiger partial charge in [0, 0.05) is 6.04 Å². The number of aromatic nitrogens is 1. The molecule has 0 amide bonds. The van der Waals surface area contributed by atoms with Crippen LogP contribution in [0.25, 0.3) is 0 Å². The van der Waals surface area contributed by atoms with Gasteiger partial charge in [0.05, 0.1) is 6.54 Å². The van der Waals surface area contributed by atoms with Crippen LogP contribution >= 0.6 is 15.9 Å². The van der Waals surface area contributed by atoms with Gasteiger partial charge in [-0.05, 0) is 28.8 Å². The fourth-order valence-electron chi connectivity index (χ4n) is 1.73. The number of halogens is 1. The Balaban J connectivity index is 1.78. The Morgan fingerprint density at radius 2 is 2.31 bits per heavy atom. The van der Waals surface area contributed by atoms with Gasteiger partial charge < -0.3 is 9.73 Å². The molecule has 1 saturated carbocycles. The third kappa shape index (κ3) is 2.54. The van der Waals surface area contributed by atoms with E-state index in [1.807, 2.05) is 0 Å². The van der Waals surface area contributed by atoms with Crippen molar-refractivity contribution < 1.29 is 4.42 Å². The topological polar surface area (TPSA) is 38.1 Å². The fourth-order valence-corrected chi connectivity index (χ4v) is 2.02. The van der Waals surface area contributed by atoms with Crippen LogP contribution in [-0.4, -0.2) is 11.0 Å². The minimum absolute atomic E-state index is 0.672. The molecule has 0 aromatic carbocycles. The zero-order valence-corrected chi connectivity index (χ0v) is 9.01. The average molecular weight is 245 g/mol. The van der Waals surface area contributed by atoms with Gasteiger partial charge >= 0.3 is 0 Å². The van der Waals surface area contributed by atoms with E-state index in [1.165, 1.54) is 25.7 Å². The van der Waals surface area contributed by atoms with Crippen molar-refractivity contribution in [1.82, 2.24) is 10.3 Å². The Labute approximate surface area is 86.0 Å². The van der Waals surface area contributed by atoms with Crippen LogP contribution < -0.4 is 5.32 Å². The summed E-state index contributed by atoms with van der Waals surface area (Å²) in [6.07, 6.45) is 6.91. The molecule has 72 valence electrons. The fraction of sp³-hybridized carbons (Fsp3) is 0.667. The first-order chi connectivity index (χ1) is 6.34. The summed E-state index contributed by atoms with van der Waals surface area (Å²) < 4.78 is 5.98. The van der Waals surface area contributed by atoms with Crippen LogP contribution in [-0.2, 0) is 6.54 Å². The molecule has 1 aliphatic carbocycles. The van der Waals surface area contributed by atoms with E-state index in [4.69, 9.17) is 4.42 Å². The van der Waals surface area contributed by atoms with Crippen molar-refractivity contribution in [3.05, 3.63) is 16.8 Å². The molecule has 0 atom stereocenters. The van der Waals surface area contributed by atoms with Crippen molar-refractivity contribution in [2.75, 3.05) is 0 Å². The third-order valence-electron chi connectivity index (χ3n) is 2.42. The molecule has 1 aromatic rings. The van der Waals surface area contributed by atoms with Crippen LogP contribution in [0.2, 0.25) is 0 Å². The summed E-state index contributed by atoms with van der Waals surface area (Å²) in [7, 11) is 0. The van der Waals surface area contributed by atoms with Gasteiger partial charge in [-0.1, -0.05) is 12.8 Å². The molecule has 1 aliphatic rings. The van der Waals surface area contributed by atoms with Crippen LogP contribution in [0.4, 0.5) is 0 Å². The SMILES string of the molecule is Brc1coc(CNC2CCCC2)n1. The molecule has 13 heavy (non-hydrogen) atoms. The Bertz CT molecular complexity index is 268. The second-order valence-electron chi connectivity index (χ2n) is 3.43. The molecule has 0 bridgehead atoms. The van der Waals surface area contributed by atoms with Crippen molar-refractivity contribution >= 4 is 15.9 Å². The Hall–Kier alpha value is -0.350. The Morgan fingerprint density at radius 1 is 1.54 bits per heavy atom. The molecule has 1 heterocycles. The summed E-state index contributed by atoms with van der Waals surface area (Å²) in [5.41, 5.74) is 0. The number of oxazole rings is 1. The molecule has 4 heteroatoms. The zero-order chi connectivity index (χ0) is 9.10. The first kappa shape index (κ1) is 9.21. The highest BCUT2D eigenvalue weighted by Crippen LogP contribution is 2.18. The number of nitrogens with zero attached hydrogens (tertiary/aromatic N) is 1. The van der Waals surface area contributed by atoms with Gasteiger partial charge in [-0.2, -0.15) is 0 Å². The summed E-state index contributed by atoms with van der Waals surface area (Å²) in [4.78, 5) is 4.16. The molecule has 1 aromatic heterocycles. The quantitative estimate of drug-likeness (QED) is 0.888. The lowest BCUT2D eigenvalue weighted by atomic mass is 10.2. The summed E-state index contributed by atoms with van der Waals surface area (Å²) in [6.45, 7) is 0.746. The van der Waals surface area contributed by atoms with Gasteiger partial charge in [-0.25, -0.2) is 4.98 Å². The van der Waals surface area contributed by atoms with Gasteiger partial charge in [-0.15, -0.1) is 0 Å². The number of rotatable bonds is 3. The summed E-state index contributed by atoms with van der Waals surface area (Å²) in [5.74, 6) is 0.763. The van der Waals surface area contributed by atoms with Gasteiger partial charge in [0.1, 0.15) is 10.9 Å². The third-order valence-corrected chi connectivity index (χ3v) is 2.79. The molecule has 1 fully saturated rings. The van der Waals surface area contributed by atoms with Crippen molar-refractivity contribution in [3.63, 3.8) is 0 Å². The number of nitrogens with one attached hydrogen (secondary N) is 1. The lowest BCUT2D eigenvalue weighted by molar-refractivity contribution is 0.434. The van der Waals surface area contributed by atoms with E-state index in [0.717, 1.165) is 17.0 Å². The maximum Gasteiger partial charge on any atom is 0.209 e. The molecular formula is C9H13BrN2O. The summed E-state index contributed by atoms with van der Waals surface area (Å²) in [6, 6.07) is 0.672. The van der Waals surface area contributed by atoms with Gasteiger partial charge in [0.15, 0.2) is 0 Å². The Kier molecular flexibility index (Phi) is 3.01. The molecule has 2 rings (SSSR count). The second-order valence-corrected chi connectivity index (χ2v) is 4.24. The van der Waals surface area contributed by atoms with E-state index >= 15 is 0 Å². The zero-order valence-electron chi connectivity index (χ0n) is 7.42. The lowest BCUT2D eigenvalue weighted by Gasteiger charge is -2.08. The summed E-state index contributed by atoms with van der Waals surface area (Å²) in [5, 5.41) is 3.43. The smallest absolute Gasteiger partial charge is 0.209 e. The largest absolute Gasteiger partial charge is 0.446 e. The predicted octanol–water partition coefficient (Wildman–Crippen LogP) is 2.47. The van der Waals surface area contributed by atoms with E-state index in [1.54, 1.807) is 6.26 Å². The monoisotopic (exact) mass is 244 g/mol. The average Bonchev–Trinajstić information content (AvgIpc) is 2.71. The van der Waals surface area contributed by atoms with Crippen LogP contribution in [0, 0.1) is 0 Å². The van der Waals surface area contributed by atoms with Crippen molar-refractivity contribution in [1.29, 1.82) is 0 Å². The van der Waals surface area contributed by atoms with Gasteiger partial charge in [-0.3, -0.25) is 0 Å². The second kappa shape index (κ2) is 4.24. The standard InChI is InChI=1S/C9H13BrN2O/c10-8-6-13-9(12-8)5-11-7-3-1-2-4-7/h6-7,11H,1-5H2. The lowest BCUT2D eigenvalue weighted by Crippen LogP contribution is -2.25. The number of hydrogen-bond acceptors (Lipinski definition) is 3. The van der Waals surface area contributed by atoms with Crippen molar-refractivity contribution in [2.24, 2.45) is 0 Å². The van der Waals surface area contributed by atoms with E-state index in [-0.39, 0.29) is 0 Å². The van der Waals surface area contributed by atoms with E-state index in [0.29, 0.717) is 6.04 Å². The first-order valence-electron chi connectivity index (χ1n) is 4.68. The van der Waals surface area contributed by atoms with Gasteiger partial charge in [0.25, 0.3) is 0 Å².